The summed E-state index contributed by atoms with van der Waals surface area (Å²) in [6.07, 6.45) is 6.18. The third kappa shape index (κ3) is 2.89. The predicted molar refractivity (Wildman–Crippen MR) is 103 cm³/mol. The summed E-state index contributed by atoms with van der Waals surface area (Å²) in [6, 6.07) is 6.48. The van der Waals surface area contributed by atoms with E-state index in [1.807, 2.05) is 17.2 Å². The standard InChI is InChI=1S/C20H21N3OS/c1-3-14-5-4-6-16-17(11-21-19(14)16)15-7-9-23(10-8-15)20(24)18-12-25-13(2)22-18/h4-7,11-12,21H,3,8-10H2,1-2H3. The van der Waals surface area contributed by atoms with Crippen LogP contribution in [-0.2, 0) is 6.42 Å². The highest BCUT2D eigenvalue weighted by Gasteiger charge is 2.22. The minimum atomic E-state index is 0.0341. The number of nitrogens with one attached hydrogen (secondary N) is 1. The van der Waals surface area contributed by atoms with Crippen LogP contribution in [0.4, 0.5) is 0 Å². The van der Waals surface area contributed by atoms with E-state index in [0.29, 0.717) is 12.2 Å². The Balaban J connectivity index is 1.58. The summed E-state index contributed by atoms with van der Waals surface area (Å²) in [5.41, 5.74) is 5.73. The topological polar surface area (TPSA) is 49.0 Å². The maximum Gasteiger partial charge on any atom is 0.273 e. The molecule has 5 heteroatoms. The van der Waals surface area contributed by atoms with Gasteiger partial charge in [-0.3, -0.25) is 4.79 Å². The maximum absolute atomic E-state index is 12.5. The predicted octanol–water partition coefficient (Wildman–Crippen LogP) is 4.42. The molecule has 1 amide bonds. The van der Waals surface area contributed by atoms with Crippen molar-refractivity contribution in [2.45, 2.75) is 26.7 Å². The van der Waals surface area contributed by atoms with Gasteiger partial charge < -0.3 is 9.88 Å². The Hall–Kier alpha value is -2.40. The molecule has 4 nitrogen and oxygen atoms in total. The third-order valence-corrected chi connectivity index (χ3v) is 5.64. The van der Waals surface area contributed by atoms with E-state index >= 15 is 0 Å². The summed E-state index contributed by atoms with van der Waals surface area (Å²) < 4.78 is 0. The lowest BCUT2D eigenvalue weighted by Crippen LogP contribution is -2.34. The number of fused-ring (bicyclic) bond motifs is 1. The second-order valence-electron chi connectivity index (χ2n) is 6.38. The Kier molecular flexibility index (Phi) is 4.17. The Morgan fingerprint density at radius 1 is 1.40 bits per heavy atom. The average molecular weight is 351 g/mol. The van der Waals surface area contributed by atoms with Gasteiger partial charge in [0, 0.05) is 41.1 Å². The molecule has 0 fully saturated rings. The van der Waals surface area contributed by atoms with Crippen LogP contribution in [-0.4, -0.2) is 33.9 Å². The van der Waals surface area contributed by atoms with Crippen LogP contribution < -0.4 is 0 Å². The summed E-state index contributed by atoms with van der Waals surface area (Å²) in [6.45, 7) is 5.49. The second-order valence-corrected chi connectivity index (χ2v) is 7.44. The van der Waals surface area contributed by atoms with Crippen molar-refractivity contribution in [3.63, 3.8) is 0 Å². The largest absolute Gasteiger partial charge is 0.360 e. The molecule has 0 unspecified atom stereocenters. The number of carbonyl (C=O) groups is 1. The molecule has 0 spiro atoms. The molecule has 0 atom stereocenters. The fourth-order valence-corrected chi connectivity index (χ4v) is 4.09. The zero-order valence-electron chi connectivity index (χ0n) is 14.5. The first-order valence-corrected chi connectivity index (χ1v) is 9.55. The van der Waals surface area contributed by atoms with Crippen molar-refractivity contribution in [2.24, 2.45) is 0 Å². The number of benzene rings is 1. The molecule has 1 aliphatic heterocycles. The van der Waals surface area contributed by atoms with E-state index in [1.165, 1.54) is 38.9 Å². The van der Waals surface area contributed by atoms with Gasteiger partial charge in [-0.05, 0) is 30.9 Å². The molecule has 0 bridgehead atoms. The molecule has 128 valence electrons. The molecule has 0 saturated heterocycles. The highest BCUT2D eigenvalue weighted by atomic mass is 32.1. The first-order chi connectivity index (χ1) is 12.2. The van der Waals surface area contributed by atoms with Crippen LogP contribution in [0.3, 0.4) is 0 Å². The number of aromatic amines is 1. The van der Waals surface area contributed by atoms with Crippen molar-refractivity contribution < 1.29 is 4.79 Å². The van der Waals surface area contributed by atoms with Gasteiger partial charge in [0.15, 0.2) is 0 Å². The summed E-state index contributed by atoms with van der Waals surface area (Å²) in [4.78, 5) is 22.2. The van der Waals surface area contributed by atoms with E-state index in [4.69, 9.17) is 0 Å². The highest BCUT2D eigenvalue weighted by molar-refractivity contribution is 7.09. The van der Waals surface area contributed by atoms with E-state index in [-0.39, 0.29) is 5.91 Å². The van der Waals surface area contributed by atoms with E-state index in [2.05, 4.69) is 47.4 Å². The number of aromatic nitrogens is 2. The molecule has 25 heavy (non-hydrogen) atoms. The molecule has 2 aromatic heterocycles. The van der Waals surface area contributed by atoms with E-state index in [0.717, 1.165) is 24.4 Å². The molecule has 1 aliphatic rings. The fourth-order valence-electron chi connectivity index (χ4n) is 3.50. The van der Waals surface area contributed by atoms with Crippen LogP contribution in [0.15, 0.2) is 35.9 Å². The number of amides is 1. The summed E-state index contributed by atoms with van der Waals surface area (Å²) in [7, 11) is 0. The minimum Gasteiger partial charge on any atom is -0.360 e. The lowest BCUT2D eigenvalue weighted by molar-refractivity contribution is 0.0767. The number of hydrogen-bond acceptors (Lipinski definition) is 3. The maximum atomic E-state index is 12.5. The van der Waals surface area contributed by atoms with Crippen LogP contribution >= 0.6 is 11.3 Å². The number of thiazole rings is 1. The average Bonchev–Trinajstić information content (AvgIpc) is 3.27. The van der Waals surface area contributed by atoms with Gasteiger partial charge in [0.2, 0.25) is 0 Å². The molecule has 3 aromatic rings. The van der Waals surface area contributed by atoms with Crippen LogP contribution in [0.25, 0.3) is 16.5 Å². The second kappa shape index (κ2) is 6.48. The van der Waals surface area contributed by atoms with Crippen LogP contribution in [0, 0.1) is 6.92 Å². The van der Waals surface area contributed by atoms with Crippen molar-refractivity contribution in [3.05, 3.63) is 57.7 Å². The monoisotopic (exact) mass is 351 g/mol. The number of aryl methyl sites for hydroxylation is 2. The van der Waals surface area contributed by atoms with Gasteiger partial charge in [0.1, 0.15) is 5.69 Å². The van der Waals surface area contributed by atoms with Crippen molar-refractivity contribution >= 4 is 33.7 Å². The van der Waals surface area contributed by atoms with Crippen molar-refractivity contribution in [3.8, 4) is 0 Å². The summed E-state index contributed by atoms with van der Waals surface area (Å²) in [5, 5.41) is 4.06. The van der Waals surface area contributed by atoms with Gasteiger partial charge >= 0.3 is 0 Å². The lowest BCUT2D eigenvalue weighted by Gasteiger charge is -2.25. The van der Waals surface area contributed by atoms with Crippen LogP contribution in [0.1, 0.15) is 40.0 Å². The molecular weight excluding hydrogens is 330 g/mol. The summed E-state index contributed by atoms with van der Waals surface area (Å²) >= 11 is 1.52. The van der Waals surface area contributed by atoms with Crippen molar-refractivity contribution in [2.75, 3.05) is 13.1 Å². The molecule has 0 aliphatic carbocycles. The van der Waals surface area contributed by atoms with E-state index in [1.54, 1.807) is 0 Å². The van der Waals surface area contributed by atoms with Gasteiger partial charge in [0.05, 0.1) is 5.01 Å². The number of H-pyrrole nitrogens is 1. The number of rotatable bonds is 3. The zero-order valence-corrected chi connectivity index (χ0v) is 15.3. The number of carbonyl (C=O) groups excluding carboxylic acids is 1. The first kappa shape index (κ1) is 16.1. The highest BCUT2D eigenvalue weighted by Crippen LogP contribution is 2.31. The molecule has 0 saturated carbocycles. The fraction of sp³-hybridized carbons (Fsp3) is 0.300. The van der Waals surface area contributed by atoms with Gasteiger partial charge in [-0.25, -0.2) is 4.98 Å². The van der Waals surface area contributed by atoms with E-state index < -0.39 is 0 Å². The number of nitrogens with zero attached hydrogens (tertiary/aromatic N) is 2. The first-order valence-electron chi connectivity index (χ1n) is 8.67. The van der Waals surface area contributed by atoms with Gasteiger partial charge in [-0.15, -0.1) is 11.3 Å². The SMILES string of the molecule is CCc1cccc2c(C3=CCN(C(=O)c4csc(C)n4)CC3)c[nH]c12. The van der Waals surface area contributed by atoms with Crippen LogP contribution in [0.2, 0.25) is 0 Å². The normalized spacial score (nSPS) is 14.8. The van der Waals surface area contributed by atoms with E-state index in [9.17, 15) is 4.79 Å². The lowest BCUT2D eigenvalue weighted by atomic mass is 9.97. The Bertz CT molecular complexity index is 966. The smallest absolute Gasteiger partial charge is 0.273 e. The number of hydrogen-bond donors (Lipinski definition) is 1. The van der Waals surface area contributed by atoms with Crippen molar-refractivity contribution in [1.29, 1.82) is 0 Å². The molecule has 3 heterocycles. The molecular formula is C20H21N3OS. The van der Waals surface area contributed by atoms with Gasteiger partial charge in [-0.1, -0.05) is 31.2 Å². The molecule has 4 rings (SSSR count). The molecule has 0 radical (unpaired) electrons. The third-order valence-electron chi connectivity index (χ3n) is 4.86. The Labute approximate surface area is 151 Å². The van der Waals surface area contributed by atoms with Gasteiger partial charge in [0.25, 0.3) is 5.91 Å². The number of para-hydroxylation sites is 1. The minimum absolute atomic E-state index is 0.0341. The summed E-state index contributed by atoms with van der Waals surface area (Å²) in [5.74, 6) is 0.0341. The zero-order chi connectivity index (χ0) is 17.4. The Morgan fingerprint density at radius 2 is 2.28 bits per heavy atom. The Morgan fingerprint density at radius 3 is 2.96 bits per heavy atom. The van der Waals surface area contributed by atoms with Gasteiger partial charge in [-0.2, -0.15) is 0 Å². The molecule has 1 N–H and O–H groups in total. The quantitative estimate of drug-likeness (QED) is 0.759. The van der Waals surface area contributed by atoms with Crippen molar-refractivity contribution in [1.82, 2.24) is 14.9 Å². The van der Waals surface area contributed by atoms with Crippen LogP contribution in [0.5, 0.6) is 0 Å². The molecule has 1 aromatic carbocycles.